The van der Waals surface area contributed by atoms with Crippen LogP contribution < -0.4 is 26.2 Å². The minimum absolute atomic E-state index is 0.0666. The van der Waals surface area contributed by atoms with Crippen LogP contribution in [-0.2, 0) is 9.53 Å². The third-order valence-electron chi connectivity index (χ3n) is 4.53. The van der Waals surface area contributed by atoms with E-state index in [1.54, 1.807) is 48.5 Å². The van der Waals surface area contributed by atoms with E-state index in [4.69, 9.17) is 21.7 Å². The van der Waals surface area contributed by atoms with Crippen molar-refractivity contribution in [1.82, 2.24) is 16.2 Å². The van der Waals surface area contributed by atoms with Crippen molar-refractivity contribution >= 4 is 40.7 Å². The van der Waals surface area contributed by atoms with Crippen molar-refractivity contribution in [3.05, 3.63) is 59.7 Å². The zero-order chi connectivity index (χ0) is 24.8. The van der Waals surface area contributed by atoms with Gasteiger partial charge in [0.05, 0.1) is 12.2 Å². The number of amides is 3. The Kier molecular flexibility index (Phi) is 11.5. The molecule has 34 heavy (non-hydrogen) atoms. The monoisotopic (exact) mass is 486 g/mol. The molecule has 0 atom stereocenters. The zero-order valence-electron chi connectivity index (χ0n) is 19.3. The first-order valence-corrected chi connectivity index (χ1v) is 11.5. The molecule has 10 heteroatoms. The molecule has 9 nitrogen and oxygen atoms in total. The molecule has 0 aliphatic carbocycles. The molecule has 0 heterocycles. The summed E-state index contributed by atoms with van der Waals surface area (Å²) in [4.78, 5) is 36.7. The summed E-state index contributed by atoms with van der Waals surface area (Å²) in [6, 6.07) is 13.2. The van der Waals surface area contributed by atoms with E-state index in [0.29, 0.717) is 48.8 Å². The van der Waals surface area contributed by atoms with E-state index < -0.39 is 11.8 Å². The maximum atomic E-state index is 12.6. The van der Waals surface area contributed by atoms with Crippen LogP contribution >= 0.6 is 12.2 Å². The largest absolute Gasteiger partial charge is 0.490 e. The highest BCUT2D eigenvalue weighted by Crippen LogP contribution is 2.17. The van der Waals surface area contributed by atoms with Crippen LogP contribution in [-0.4, -0.2) is 42.7 Å². The lowest BCUT2D eigenvalue weighted by atomic mass is 10.2. The molecule has 0 unspecified atom stereocenters. The summed E-state index contributed by atoms with van der Waals surface area (Å²) in [5.74, 6) is -0.612. The number of rotatable bonds is 11. The summed E-state index contributed by atoms with van der Waals surface area (Å²) >= 11 is 5.10. The molecular weight excluding hydrogens is 456 g/mol. The Morgan fingerprint density at radius 2 is 1.65 bits per heavy atom. The summed E-state index contributed by atoms with van der Waals surface area (Å²) in [6.07, 6.45) is 2.22. The number of hydrazine groups is 1. The van der Waals surface area contributed by atoms with Crippen LogP contribution in [0.1, 0.15) is 53.8 Å². The number of unbranched alkanes of at least 4 members (excludes halogenated alkanes) is 1. The first-order valence-electron chi connectivity index (χ1n) is 11.1. The lowest BCUT2D eigenvalue weighted by Gasteiger charge is -2.13. The number of hydrogen-bond acceptors (Lipinski definition) is 6. The van der Waals surface area contributed by atoms with Crippen LogP contribution in [0, 0.1) is 0 Å². The Labute approximate surface area is 204 Å². The summed E-state index contributed by atoms with van der Waals surface area (Å²) in [5, 5.41) is 5.20. The Bertz CT molecular complexity index is 982. The van der Waals surface area contributed by atoms with Gasteiger partial charge in [0.2, 0.25) is 5.91 Å². The van der Waals surface area contributed by atoms with Gasteiger partial charge < -0.3 is 14.8 Å². The van der Waals surface area contributed by atoms with Crippen LogP contribution in [0.2, 0.25) is 0 Å². The highest BCUT2D eigenvalue weighted by Gasteiger charge is 2.14. The van der Waals surface area contributed by atoms with E-state index in [2.05, 4.69) is 21.5 Å². The molecule has 0 bridgehead atoms. The second-order valence-electron chi connectivity index (χ2n) is 7.13. The third kappa shape index (κ3) is 9.16. The molecule has 0 fully saturated rings. The van der Waals surface area contributed by atoms with Crippen molar-refractivity contribution in [1.29, 1.82) is 0 Å². The van der Waals surface area contributed by atoms with E-state index in [1.165, 1.54) is 0 Å². The van der Waals surface area contributed by atoms with Crippen LogP contribution in [0.3, 0.4) is 0 Å². The lowest BCUT2D eigenvalue weighted by molar-refractivity contribution is -0.116. The lowest BCUT2D eigenvalue weighted by Crippen LogP contribution is -2.48. The molecule has 2 aromatic carbocycles. The highest BCUT2D eigenvalue weighted by molar-refractivity contribution is 7.80. The van der Waals surface area contributed by atoms with Crippen LogP contribution in [0.5, 0.6) is 5.75 Å². The van der Waals surface area contributed by atoms with Gasteiger partial charge in [0.15, 0.2) is 5.11 Å². The fraction of sp³-hybridized carbons (Fsp3) is 0.333. The number of hydrogen-bond donors (Lipinski definition) is 4. The smallest absolute Gasteiger partial charge is 0.269 e. The normalized spacial score (nSPS) is 10.2. The minimum atomic E-state index is -0.484. The molecule has 3 amide bonds. The highest BCUT2D eigenvalue weighted by atomic mass is 32.1. The quantitative estimate of drug-likeness (QED) is 0.219. The molecule has 0 aromatic heterocycles. The third-order valence-corrected chi connectivity index (χ3v) is 4.73. The maximum Gasteiger partial charge on any atom is 0.269 e. The molecule has 0 spiro atoms. The SMILES string of the molecule is CCCCC(=O)Nc1ccc(C(=O)NNC(=S)NC(=O)c2ccccc2OCCOCC)cc1. The predicted octanol–water partition coefficient (Wildman–Crippen LogP) is 3.18. The molecule has 2 rings (SSSR count). The van der Waals surface area contributed by atoms with E-state index in [1.807, 2.05) is 13.8 Å². The summed E-state index contributed by atoms with van der Waals surface area (Å²) in [7, 11) is 0. The average Bonchev–Trinajstić information content (AvgIpc) is 2.84. The molecule has 0 aliphatic heterocycles. The van der Waals surface area contributed by atoms with Gasteiger partial charge in [-0.2, -0.15) is 0 Å². The summed E-state index contributed by atoms with van der Waals surface area (Å²) in [6.45, 7) is 5.20. The van der Waals surface area contributed by atoms with Crippen molar-refractivity contribution in [3.8, 4) is 5.75 Å². The van der Waals surface area contributed by atoms with E-state index >= 15 is 0 Å². The molecular formula is C24H30N4O5S. The molecule has 0 aliphatic rings. The number of carbonyl (C=O) groups is 3. The Balaban J connectivity index is 1.83. The van der Waals surface area contributed by atoms with Crippen LogP contribution in [0.4, 0.5) is 5.69 Å². The van der Waals surface area contributed by atoms with E-state index in [9.17, 15) is 14.4 Å². The molecule has 4 N–H and O–H groups in total. The number of para-hydroxylation sites is 1. The molecule has 0 radical (unpaired) electrons. The van der Waals surface area contributed by atoms with Crippen molar-refractivity contribution in [2.24, 2.45) is 0 Å². The van der Waals surface area contributed by atoms with Gasteiger partial charge in [0.1, 0.15) is 12.4 Å². The summed E-state index contributed by atoms with van der Waals surface area (Å²) in [5.41, 5.74) is 6.18. The van der Waals surface area contributed by atoms with Gasteiger partial charge in [-0.1, -0.05) is 25.5 Å². The number of ether oxygens (including phenoxy) is 2. The fourth-order valence-electron chi connectivity index (χ4n) is 2.79. The number of benzene rings is 2. The molecule has 2 aromatic rings. The van der Waals surface area contributed by atoms with Gasteiger partial charge >= 0.3 is 0 Å². The fourth-order valence-corrected chi connectivity index (χ4v) is 2.93. The second kappa shape index (κ2) is 14.6. The zero-order valence-corrected chi connectivity index (χ0v) is 20.1. The van der Waals surface area contributed by atoms with Crippen LogP contribution in [0.25, 0.3) is 0 Å². The number of nitrogens with one attached hydrogen (secondary N) is 4. The van der Waals surface area contributed by atoms with E-state index in [-0.39, 0.29) is 11.0 Å². The average molecular weight is 487 g/mol. The number of carbonyl (C=O) groups excluding carboxylic acids is 3. The Morgan fingerprint density at radius 1 is 0.912 bits per heavy atom. The van der Waals surface area contributed by atoms with Gasteiger partial charge in [-0.3, -0.25) is 30.6 Å². The minimum Gasteiger partial charge on any atom is -0.490 e. The number of anilines is 1. The first-order chi connectivity index (χ1) is 16.4. The number of thiocarbonyl (C=S) groups is 1. The van der Waals surface area contributed by atoms with Crippen molar-refractivity contribution in [2.75, 3.05) is 25.1 Å². The Hall–Kier alpha value is -3.50. The maximum absolute atomic E-state index is 12.6. The Morgan fingerprint density at radius 3 is 2.35 bits per heavy atom. The van der Waals surface area contributed by atoms with E-state index in [0.717, 1.165) is 12.8 Å². The van der Waals surface area contributed by atoms with Crippen molar-refractivity contribution in [3.63, 3.8) is 0 Å². The van der Waals surface area contributed by atoms with Gasteiger partial charge in [-0.25, -0.2) is 0 Å². The van der Waals surface area contributed by atoms with Crippen molar-refractivity contribution in [2.45, 2.75) is 33.1 Å². The summed E-state index contributed by atoms with van der Waals surface area (Å²) < 4.78 is 10.8. The second-order valence-corrected chi connectivity index (χ2v) is 7.54. The van der Waals surface area contributed by atoms with Crippen molar-refractivity contribution < 1.29 is 23.9 Å². The predicted molar refractivity (Wildman–Crippen MR) is 134 cm³/mol. The topological polar surface area (TPSA) is 118 Å². The van der Waals surface area contributed by atoms with Crippen LogP contribution in [0.15, 0.2) is 48.5 Å². The molecule has 0 saturated carbocycles. The van der Waals surface area contributed by atoms with Gasteiger partial charge in [0.25, 0.3) is 11.8 Å². The molecule has 182 valence electrons. The first kappa shape index (κ1) is 26.7. The standard InChI is InChI=1S/C24H30N4O5S/c1-3-5-10-21(29)25-18-13-11-17(12-14-18)22(30)27-28-24(34)26-23(31)19-8-6-7-9-20(19)33-16-15-32-4-2/h6-9,11-14H,3-5,10,15-16H2,1-2H3,(H,25,29)(H,27,30)(H2,26,28,31,34). The molecule has 0 saturated heterocycles. The van der Waals surface area contributed by atoms with Gasteiger partial charge in [-0.15, -0.1) is 0 Å². The van der Waals surface area contributed by atoms with Gasteiger partial charge in [0, 0.05) is 24.3 Å². The van der Waals surface area contributed by atoms with Gasteiger partial charge in [-0.05, 0) is 62.0 Å².